The van der Waals surface area contributed by atoms with Crippen LogP contribution in [0.25, 0.3) is 0 Å². The lowest BCUT2D eigenvalue weighted by Crippen LogP contribution is -2.60. The van der Waals surface area contributed by atoms with Crippen molar-refractivity contribution < 1.29 is 49.6 Å². The Hall–Kier alpha value is -1.27. The van der Waals surface area contributed by atoms with E-state index in [9.17, 15) is 30.3 Å². The molecule has 0 bridgehead atoms. The SMILES string of the molecule is C[C@H]1O[C@@H](O)[C@H](O[C@@H]2OC(C(=O)O)=C[C@@H](O)[C@H]2O)[C@@H](O)[C@H]1O. The molecule has 0 aromatic heterocycles. The molecule has 0 aliphatic carbocycles. The minimum absolute atomic E-state index is 0.655. The van der Waals surface area contributed by atoms with Gasteiger partial charge in [0.25, 0.3) is 0 Å². The van der Waals surface area contributed by atoms with Crippen LogP contribution in [-0.4, -0.2) is 85.8 Å². The van der Waals surface area contributed by atoms with Gasteiger partial charge in [-0.1, -0.05) is 0 Å². The van der Waals surface area contributed by atoms with Gasteiger partial charge in [-0.25, -0.2) is 4.79 Å². The number of aliphatic hydroxyl groups is 5. The van der Waals surface area contributed by atoms with E-state index in [-0.39, 0.29) is 0 Å². The maximum Gasteiger partial charge on any atom is 0.371 e. The van der Waals surface area contributed by atoms with Gasteiger partial charge < -0.3 is 44.8 Å². The summed E-state index contributed by atoms with van der Waals surface area (Å²) in [7, 11) is 0. The largest absolute Gasteiger partial charge is 0.475 e. The van der Waals surface area contributed by atoms with E-state index in [0.29, 0.717) is 0 Å². The van der Waals surface area contributed by atoms with Crippen molar-refractivity contribution in [1.82, 2.24) is 0 Å². The van der Waals surface area contributed by atoms with Crippen molar-refractivity contribution in [2.45, 2.75) is 56.1 Å². The maximum absolute atomic E-state index is 10.9. The fraction of sp³-hybridized carbons (Fsp3) is 0.750. The van der Waals surface area contributed by atoms with Gasteiger partial charge in [0.2, 0.25) is 12.0 Å². The smallest absolute Gasteiger partial charge is 0.371 e. The first-order valence-electron chi connectivity index (χ1n) is 6.55. The van der Waals surface area contributed by atoms with E-state index in [0.717, 1.165) is 6.08 Å². The fourth-order valence-corrected chi connectivity index (χ4v) is 2.20. The molecule has 0 radical (unpaired) electrons. The number of carboxylic acids is 1. The Morgan fingerprint density at radius 3 is 2.36 bits per heavy atom. The van der Waals surface area contributed by atoms with Crippen molar-refractivity contribution >= 4 is 5.97 Å². The number of aliphatic hydroxyl groups excluding tert-OH is 5. The van der Waals surface area contributed by atoms with E-state index in [2.05, 4.69) is 0 Å². The summed E-state index contributed by atoms with van der Waals surface area (Å²) in [6.45, 7) is 1.42. The van der Waals surface area contributed by atoms with Gasteiger partial charge in [0, 0.05) is 0 Å². The Bertz CT molecular complexity index is 451. The predicted octanol–water partition coefficient (Wildman–Crippen LogP) is -3.12. The molecule has 2 aliphatic rings. The minimum Gasteiger partial charge on any atom is -0.475 e. The molecule has 22 heavy (non-hydrogen) atoms. The van der Waals surface area contributed by atoms with Crippen LogP contribution in [0.1, 0.15) is 6.92 Å². The lowest BCUT2D eigenvalue weighted by Gasteiger charge is -2.41. The van der Waals surface area contributed by atoms with Gasteiger partial charge >= 0.3 is 5.97 Å². The molecule has 0 spiro atoms. The molecular weight excluding hydrogens is 304 g/mol. The van der Waals surface area contributed by atoms with Crippen molar-refractivity contribution in [3.05, 3.63) is 11.8 Å². The van der Waals surface area contributed by atoms with E-state index in [4.69, 9.17) is 19.3 Å². The molecule has 126 valence electrons. The van der Waals surface area contributed by atoms with E-state index < -0.39 is 60.9 Å². The standard InChI is InChI=1S/C12H18O10/c1-3-6(14)8(16)9(11(19)20-3)22-12-7(15)4(13)2-5(21-12)10(17)18/h2-4,6-9,11-16,19H,1H3,(H,17,18)/t3-,4-,6+,7-,8+,9-,11-,12+/m1/s1. The Balaban J connectivity index is 2.12. The van der Waals surface area contributed by atoms with Crippen LogP contribution >= 0.6 is 0 Å². The van der Waals surface area contributed by atoms with E-state index >= 15 is 0 Å². The van der Waals surface area contributed by atoms with Gasteiger partial charge in [-0.15, -0.1) is 0 Å². The monoisotopic (exact) mass is 322 g/mol. The highest BCUT2D eigenvalue weighted by Gasteiger charge is 2.46. The van der Waals surface area contributed by atoms with Crippen LogP contribution in [-0.2, 0) is 19.0 Å². The zero-order valence-corrected chi connectivity index (χ0v) is 11.5. The van der Waals surface area contributed by atoms with Crippen molar-refractivity contribution in [1.29, 1.82) is 0 Å². The van der Waals surface area contributed by atoms with E-state index in [1.807, 2.05) is 0 Å². The molecule has 1 fully saturated rings. The fourth-order valence-electron chi connectivity index (χ4n) is 2.20. The summed E-state index contributed by atoms with van der Waals surface area (Å²) in [6, 6.07) is 0. The summed E-state index contributed by atoms with van der Waals surface area (Å²) in [5.41, 5.74) is 0. The number of carbonyl (C=O) groups is 1. The second kappa shape index (κ2) is 6.46. The Morgan fingerprint density at radius 1 is 1.14 bits per heavy atom. The molecule has 6 N–H and O–H groups in total. The molecule has 2 rings (SSSR count). The van der Waals surface area contributed by atoms with Crippen LogP contribution < -0.4 is 0 Å². The Labute approximate surface area is 124 Å². The quantitative estimate of drug-likeness (QED) is 0.313. The predicted molar refractivity (Wildman–Crippen MR) is 66.0 cm³/mol. The molecule has 2 heterocycles. The van der Waals surface area contributed by atoms with Crippen LogP contribution in [0, 0.1) is 0 Å². The number of aliphatic carboxylic acids is 1. The molecule has 0 amide bonds. The second-order valence-electron chi connectivity index (χ2n) is 5.12. The summed E-state index contributed by atoms with van der Waals surface area (Å²) in [6.07, 6.45) is -11.1. The molecule has 0 unspecified atom stereocenters. The Morgan fingerprint density at radius 2 is 1.77 bits per heavy atom. The van der Waals surface area contributed by atoms with Crippen LogP contribution in [0.3, 0.4) is 0 Å². The topological polar surface area (TPSA) is 166 Å². The summed E-state index contributed by atoms with van der Waals surface area (Å²) in [5.74, 6) is -2.15. The third kappa shape index (κ3) is 3.22. The molecule has 0 saturated carbocycles. The van der Waals surface area contributed by atoms with Gasteiger partial charge in [-0.05, 0) is 13.0 Å². The van der Waals surface area contributed by atoms with Crippen molar-refractivity contribution in [2.24, 2.45) is 0 Å². The Kier molecular flexibility index (Phi) is 5.02. The lowest BCUT2D eigenvalue weighted by molar-refractivity contribution is -0.328. The molecule has 0 aromatic carbocycles. The second-order valence-corrected chi connectivity index (χ2v) is 5.12. The summed E-state index contributed by atoms with van der Waals surface area (Å²) >= 11 is 0. The van der Waals surface area contributed by atoms with Gasteiger partial charge in [0.15, 0.2) is 6.29 Å². The van der Waals surface area contributed by atoms with E-state index in [1.165, 1.54) is 6.92 Å². The molecule has 0 aromatic rings. The van der Waals surface area contributed by atoms with Crippen LogP contribution in [0.5, 0.6) is 0 Å². The number of hydrogen-bond donors (Lipinski definition) is 6. The maximum atomic E-state index is 10.9. The van der Waals surface area contributed by atoms with Crippen molar-refractivity contribution in [2.75, 3.05) is 0 Å². The van der Waals surface area contributed by atoms with Gasteiger partial charge in [-0.3, -0.25) is 0 Å². The molecule has 2 aliphatic heterocycles. The third-order valence-electron chi connectivity index (χ3n) is 3.50. The zero-order valence-electron chi connectivity index (χ0n) is 11.5. The average molecular weight is 322 g/mol. The first kappa shape index (κ1) is 17.1. The van der Waals surface area contributed by atoms with Crippen LogP contribution in [0.4, 0.5) is 0 Å². The highest BCUT2D eigenvalue weighted by molar-refractivity contribution is 5.84. The number of hydrogen-bond acceptors (Lipinski definition) is 9. The zero-order chi connectivity index (χ0) is 16.6. The van der Waals surface area contributed by atoms with Crippen molar-refractivity contribution in [3.8, 4) is 0 Å². The van der Waals surface area contributed by atoms with E-state index in [1.54, 1.807) is 0 Å². The normalized spacial score (nSPS) is 45.8. The average Bonchev–Trinajstić information content (AvgIpc) is 2.45. The molecular formula is C12H18O10. The summed E-state index contributed by atoms with van der Waals surface area (Å²) in [4.78, 5) is 10.9. The first-order chi connectivity index (χ1) is 10.2. The van der Waals surface area contributed by atoms with Gasteiger partial charge in [0.1, 0.15) is 30.5 Å². The summed E-state index contributed by atoms with van der Waals surface area (Å²) in [5, 5.41) is 57.5. The molecule has 10 nitrogen and oxygen atoms in total. The summed E-state index contributed by atoms with van der Waals surface area (Å²) < 4.78 is 14.9. The van der Waals surface area contributed by atoms with Crippen molar-refractivity contribution in [3.63, 3.8) is 0 Å². The third-order valence-corrected chi connectivity index (χ3v) is 3.50. The first-order valence-corrected chi connectivity index (χ1v) is 6.55. The number of rotatable bonds is 3. The highest BCUT2D eigenvalue weighted by Crippen LogP contribution is 2.27. The number of carboxylic acid groups (broad SMARTS) is 1. The molecule has 8 atom stereocenters. The number of ether oxygens (including phenoxy) is 3. The van der Waals surface area contributed by atoms with Crippen LogP contribution in [0.15, 0.2) is 11.8 Å². The minimum atomic E-state index is -1.68. The molecule has 1 saturated heterocycles. The van der Waals surface area contributed by atoms with Crippen LogP contribution in [0.2, 0.25) is 0 Å². The van der Waals surface area contributed by atoms with Gasteiger partial charge in [-0.2, -0.15) is 0 Å². The highest BCUT2D eigenvalue weighted by atomic mass is 16.7. The van der Waals surface area contributed by atoms with Gasteiger partial charge in [0.05, 0.1) is 6.10 Å². The molecule has 10 heteroatoms. The lowest BCUT2D eigenvalue weighted by atomic mass is 9.99.